The van der Waals surface area contributed by atoms with Crippen LogP contribution in [0.5, 0.6) is 0 Å². The molecule has 1 rings (SSSR count). The minimum atomic E-state index is -0.330. The largest absolute Gasteiger partial charge is 0.392 e. The van der Waals surface area contributed by atoms with Crippen molar-refractivity contribution < 1.29 is 9.50 Å². The van der Waals surface area contributed by atoms with Gasteiger partial charge in [0.05, 0.1) is 6.10 Å². The highest BCUT2D eigenvalue weighted by Gasteiger charge is 2.07. The monoisotopic (exact) mass is 239 g/mol. The van der Waals surface area contributed by atoms with Gasteiger partial charge in [0.1, 0.15) is 5.82 Å². The van der Waals surface area contributed by atoms with Gasteiger partial charge in [-0.3, -0.25) is 0 Å². The van der Waals surface area contributed by atoms with E-state index in [1.165, 1.54) is 12.1 Å². The molecule has 0 aliphatic heterocycles. The van der Waals surface area contributed by atoms with E-state index in [-0.39, 0.29) is 11.9 Å². The molecule has 2 nitrogen and oxygen atoms in total. The summed E-state index contributed by atoms with van der Waals surface area (Å²) < 4.78 is 13.0. The van der Waals surface area contributed by atoms with Gasteiger partial charge in [-0.05, 0) is 42.5 Å². The van der Waals surface area contributed by atoms with E-state index in [2.05, 4.69) is 19.2 Å². The maximum atomic E-state index is 13.0. The second kappa shape index (κ2) is 6.72. The maximum Gasteiger partial charge on any atom is 0.123 e. The zero-order valence-corrected chi connectivity index (χ0v) is 10.8. The standard InChI is InChI=1S/C14H22FNO/c1-10(2)6-14(17)9-16-8-12-7-13(15)5-4-11(12)3/h4-5,7,10,14,16-17H,6,8-9H2,1-3H3. The lowest BCUT2D eigenvalue weighted by atomic mass is 10.1. The fourth-order valence-corrected chi connectivity index (χ4v) is 1.83. The Labute approximate surface area is 103 Å². The Hall–Kier alpha value is -0.930. The van der Waals surface area contributed by atoms with Gasteiger partial charge in [-0.25, -0.2) is 4.39 Å². The predicted octanol–water partition coefficient (Wildman–Crippen LogP) is 2.63. The molecule has 0 amide bonds. The van der Waals surface area contributed by atoms with E-state index in [0.29, 0.717) is 19.0 Å². The summed E-state index contributed by atoms with van der Waals surface area (Å²) in [5.74, 6) is 0.276. The van der Waals surface area contributed by atoms with Gasteiger partial charge < -0.3 is 10.4 Å². The first-order chi connectivity index (χ1) is 7.99. The van der Waals surface area contributed by atoms with Crippen molar-refractivity contribution in [3.8, 4) is 0 Å². The van der Waals surface area contributed by atoms with Gasteiger partial charge >= 0.3 is 0 Å². The fraction of sp³-hybridized carbons (Fsp3) is 0.571. The van der Waals surface area contributed by atoms with E-state index >= 15 is 0 Å². The minimum absolute atomic E-state index is 0.213. The number of benzene rings is 1. The molecule has 1 atom stereocenters. The number of halogens is 1. The summed E-state index contributed by atoms with van der Waals surface area (Å²) in [6.07, 6.45) is 0.457. The Morgan fingerprint density at radius 2 is 2.06 bits per heavy atom. The van der Waals surface area contributed by atoms with Gasteiger partial charge in [0, 0.05) is 13.1 Å². The Morgan fingerprint density at radius 1 is 1.35 bits per heavy atom. The number of aliphatic hydroxyl groups excluding tert-OH is 1. The second-order valence-electron chi connectivity index (χ2n) is 4.99. The Kier molecular flexibility index (Phi) is 5.59. The molecule has 3 heteroatoms. The van der Waals surface area contributed by atoms with Crippen molar-refractivity contribution in [2.24, 2.45) is 5.92 Å². The molecule has 0 bridgehead atoms. The molecule has 1 aromatic rings. The molecule has 0 radical (unpaired) electrons. The van der Waals surface area contributed by atoms with Crippen LogP contribution in [0.15, 0.2) is 18.2 Å². The molecule has 0 fully saturated rings. The lowest BCUT2D eigenvalue weighted by Crippen LogP contribution is -2.27. The summed E-state index contributed by atoms with van der Waals surface area (Å²) in [5, 5.41) is 12.8. The number of aliphatic hydroxyl groups is 1. The van der Waals surface area contributed by atoms with Gasteiger partial charge in [-0.15, -0.1) is 0 Å². The fourth-order valence-electron chi connectivity index (χ4n) is 1.83. The van der Waals surface area contributed by atoms with E-state index in [1.54, 1.807) is 6.07 Å². The van der Waals surface area contributed by atoms with Crippen LogP contribution in [0.25, 0.3) is 0 Å². The maximum absolute atomic E-state index is 13.0. The first kappa shape index (κ1) is 14.1. The summed E-state index contributed by atoms with van der Waals surface area (Å²) in [7, 11) is 0. The van der Waals surface area contributed by atoms with Crippen LogP contribution >= 0.6 is 0 Å². The van der Waals surface area contributed by atoms with Crippen LogP contribution in [0.1, 0.15) is 31.4 Å². The molecular weight excluding hydrogens is 217 g/mol. The van der Waals surface area contributed by atoms with Crippen LogP contribution in [0.2, 0.25) is 0 Å². The van der Waals surface area contributed by atoms with Crippen molar-refractivity contribution in [3.63, 3.8) is 0 Å². The van der Waals surface area contributed by atoms with Gasteiger partial charge in [0.2, 0.25) is 0 Å². The van der Waals surface area contributed by atoms with Crippen LogP contribution in [0.4, 0.5) is 4.39 Å². The third-order valence-corrected chi connectivity index (χ3v) is 2.75. The van der Waals surface area contributed by atoms with Crippen LogP contribution in [-0.4, -0.2) is 17.8 Å². The summed E-state index contributed by atoms with van der Waals surface area (Å²) >= 11 is 0. The van der Waals surface area contributed by atoms with Crippen molar-refractivity contribution >= 4 is 0 Å². The minimum Gasteiger partial charge on any atom is -0.392 e. The molecule has 0 aliphatic rings. The van der Waals surface area contributed by atoms with Gasteiger partial charge in [-0.2, -0.15) is 0 Å². The number of hydrogen-bond donors (Lipinski definition) is 2. The average molecular weight is 239 g/mol. The van der Waals surface area contributed by atoms with Gasteiger partial charge in [0.25, 0.3) is 0 Å². The molecule has 0 heterocycles. The number of rotatable bonds is 6. The van der Waals surface area contributed by atoms with Crippen molar-refractivity contribution in [3.05, 3.63) is 35.1 Å². The third kappa shape index (κ3) is 5.29. The third-order valence-electron chi connectivity index (χ3n) is 2.75. The number of hydrogen-bond acceptors (Lipinski definition) is 2. The normalized spacial score (nSPS) is 13.1. The molecule has 0 spiro atoms. The van der Waals surface area contributed by atoms with E-state index in [4.69, 9.17) is 0 Å². The van der Waals surface area contributed by atoms with Crippen molar-refractivity contribution in [1.29, 1.82) is 0 Å². The molecular formula is C14H22FNO. The second-order valence-corrected chi connectivity index (χ2v) is 4.99. The van der Waals surface area contributed by atoms with Crippen LogP contribution < -0.4 is 5.32 Å². The topological polar surface area (TPSA) is 32.3 Å². The summed E-state index contributed by atoms with van der Waals surface area (Å²) in [6.45, 7) is 7.27. The summed E-state index contributed by atoms with van der Waals surface area (Å²) in [4.78, 5) is 0. The molecule has 0 saturated heterocycles. The van der Waals surface area contributed by atoms with Gasteiger partial charge in [-0.1, -0.05) is 19.9 Å². The first-order valence-electron chi connectivity index (χ1n) is 6.13. The molecule has 0 aliphatic carbocycles. The Balaban J connectivity index is 2.38. The lowest BCUT2D eigenvalue weighted by Gasteiger charge is -2.14. The summed E-state index contributed by atoms with van der Waals surface area (Å²) in [5.41, 5.74) is 2.01. The van der Waals surface area contributed by atoms with Crippen molar-refractivity contribution in [1.82, 2.24) is 5.32 Å². The molecule has 0 saturated carbocycles. The van der Waals surface area contributed by atoms with Crippen molar-refractivity contribution in [2.45, 2.75) is 39.8 Å². The molecule has 2 N–H and O–H groups in total. The molecule has 1 unspecified atom stereocenters. The van der Waals surface area contributed by atoms with E-state index in [0.717, 1.165) is 17.5 Å². The predicted molar refractivity (Wildman–Crippen MR) is 68.3 cm³/mol. The van der Waals surface area contributed by atoms with E-state index in [9.17, 15) is 9.50 Å². The zero-order chi connectivity index (χ0) is 12.8. The zero-order valence-electron chi connectivity index (χ0n) is 10.8. The lowest BCUT2D eigenvalue weighted by molar-refractivity contribution is 0.146. The van der Waals surface area contributed by atoms with E-state index < -0.39 is 0 Å². The SMILES string of the molecule is Cc1ccc(F)cc1CNCC(O)CC(C)C. The van der Waals surface area contributed by atoms with Crippen LogP contribution in [0, 0.1) is 18.7 Å². The Bertz CT molecular complexity index is 352. The average Bonchev–Trinajstić information content (AvgIpc) is 2.22. The van der Waals surface area contributed by atoms with Crippen molar-refractivity contribution in [2.75, 3.05) is 6.54 Å². The Morgan fingerprint density at radius 3 is 2.71 bits per heavy atom. The number of aryl methyl sites for hydroxylation is 1. The molecule has 1 aromatic carbocycles. The highest BCUT2D eigenvalue weighted by molar-refractivity contribution is 5.26. The molecule has 96 valence electrons. The number of nitrogens with one attached hydrogen (secondary N) is 1. The quantitative estimate of drug-likeness (QED) is 0.800. The van der Waals surface area contributed by atoms with Crippen LogP contribution in [-0.2, 0) is 6.54 Å². The van der Waals surface area contributed by atoms with Crippen LogP contribution in [0.3, 0.4) is 0 Å². The van der Waals surface area contributed by atoms with E-state index in [1.807, 2.05) is 6.92 Å². The highest BCUT2D eigenvalue weighted by Crippen LogP contribution is 2.10. The first-order valence-corrected chi connectivity index (χ1v) is 6.13. The molecule has 0 aromatic heterocycles. The smallest absolute Gasteiger partial charge is 0.123 e. The molecule has 17 heavy (non-hydrogen) atoms. The summed E-state index contributed by atoms with van der Waals surface area (Å²) in [6, 6.07) is 4.78. The van der Waals surface area contributed by atoms with Gasteiger partial charge in [0.15, 0.2) is 0 Å². The highest BCUT2D eigenvalue weighted by atomic mass is 19.1.